The number of pyridine rings is 1. The molecule has 1 amide bonds. The zero-order chi connectivity index (χ0) is 18.5. The fourth-order valence-electron chi connectivity index (χ4n) is 3.26. The summed E-state index contributed by atoms with van der Waals surface area (Å²) in [6.07, 6.45) is 2.32. The second kappa shape index (κ2) is 8.10. The lowest BCUT2D eigenvalue weighted by atomic mass is 9.87. The highest BCUT2D eigenvalue weighted by molar-refractivity contribution is 5.94. The summed E-state index contributed by atoms with van der Waals surface area (Å²) in [6.45, 7) is 1.15. The molecule has 2 heterocycles. The Labute approximate surface area is 152 Å². The van der Waals surface area contributed by atoms with E-state index in [0.717, 1.165) is 18.4 Å². The van der Waals surface area contributed by atoms with Crippen molar-refractivity contribution in [3.63, 3.8) is 0 Å². The highest BCUT2D eigenvalue weighted by Crippen LogP contribution is 2.30. The molecule has 1 aromatic carbocycles. The van der Waals surface area contributed by atoms with Gasteiger partial charge in [-0.3, -0.25) is 9.78 Å². The molecule has 2 aromatic rings. The Kier molecular flexibility index (Phi) is 5.63. The van der Waals surface area contributed by atoms with E-state index in [1.54, 1.807) is 11.0 Å². The minimum Gasteiger partial charge on any atom is -0.465 e. The van der Waals surface area contributed by atoms with Crippen LogP contribution in [0.5, 0.6) is 0 Å². The quantitative estimate of drug-likeness (QED) is 0.853. The molecule has 26 heavy (non-hydrogen) atoms. The Bertz CT molecular complexity index is 753. The molecule has 1 aromatic heterocycles. The number of likely N-dealkylation sites (tertiary alicyclic amines) is 1. The number of esters is 1. The van der Waals surface area contributed by atoms with Gasteiger partial charge in [-0.05, 0) is 36.5 Å². The standard InChI is InChI=1S/C20H22N2O4/c1-26-20(25)16-7-8-17(21-13-16)19(24)22-11-9-15(10-12-22)18(23)14-5-3-2-4-6-14/h2-8,13,15,18,23H,9-12H2,1H3. The molecule has 3 rings (SSSR count). The summed E-state index contributed by atoms with van der Waals surface area (Å²) in [5.74, 6) is -0.502. The minimum atomic E-state index is -0.508. The monoisotopic (exact) mass is 354 g/mol. The van der Waals surface area contributed by atoms with Gasteiger partial charge in [-0.15, -0.1) is 0 Å². The Morgan fingerprint density at radius 3 is 2.42 bits per heavy atom. The van der Waals surface area contributed by atoms with Crippen LogP contribution in [-0.4, -0.2) is 47.1 Å². The van der Waals surface area contributed by atoms with Gasteiger partial charge in [0, 0.05) is 19.3 Å². The summed E-state index contributed by atoms with van der Waals surface area (Å²) in [4.78, 5) is 29.8. The molecule has 0 bridgehead atoms. The summed E-state index contributed by atoms with van der Waals surface area (Å²) in [6, 6.07) is 12.7. The number of benzene rings is 1. The van der Waals surface area contributed by atoms with Crippen LogP contribution in [0.15, 0.2) is 48.7 Å². The number of ether oxygens (including phenoxy) is 1. The van der Waals surface area contributed by atoms with Gasteiger partial charge in [0.1, 0.15) is 5.69 Å². The molecular formula is C20H22N2O4. The van der Waals surface area contributed by atoms with Crippen molar-refractivity contribution < 1.29 is 19.4 Å². The highest BCUT2D eigenvalue weighted by atomic mass is 16.5. The fourth-order valence-corrected chi connectivity index (χ4v) is 3.26. The average molecular weight is 354 g/mol. The Balaban J connectivity index is 1.59. The van der Waals surface area contributed by atoms with Gasteiger partial charge in [0.2, 0.25) is 0 Å². The smallest absolute Gasteiger partial charge is 0.339 e. The molecular weight excluding hydrogens is 332 g/mol. The highest BCUT2D eigenvalue weighted by Gasteiger charge is 2.29. The van der Waals surface area contributed by atoms with E-state index in [1.165, 1.54) is 19.4 Å². The van der Waals surface area contributed by atoms with Crippen LogP contribution < -0.4 is 0 Å². The van der Waals surface area contributed by atoms with Gasteiger partial charge in [-0.1, -0.05) is 30.3 Å². The molecule has 1 fully saturated rings. The van der Waals surface area contributed by atoms with Gasteiger partial charge in [0.05, 0.1) is 18.8 Å². The molecule has 6 nitrogen and oxygen atoms in total. The third kappa shape index (κ3) is 3.91. The molecule has 136 valence electrons. The van der Waals surface area contributed by atoms with Crippen LogP contribution >= 0.6 is 0 Å². The number of nitrogens with zero attached hydrogens (tertiary/aromatic N) is 2. The second-order valence-electron chi connectivity index (χ2n) is 6.41. The first kappa shape index (κ1) is 18.1. The van der Waals surface area contributed by atoms with Gasteiger partial charge in [0.15, 0.2) is 0 Å². The van der Waals surface area contributed by atoms with Crippen molar-refractivity contribution in [3.8, 4) is 0 Å². The van der Waals surface area contributed by atoms with Crippen molar-refractivity contribution in [2.45, 2.75) is 18.9 Å². The third-order valence-electron chi connectivity index (χ3n) is 4.82. The third-order valence-corrected chi connectivity index (χ3v) is 4.82. The molecule has 0 spiro atoms. The number of carbonyl (C=O) groups excluding carboxylic acids is 2. The molecule has 0 saturated carbocycles. The SMILES string of the molecule is COC(=O)c1ccc(C(=O)N2CCC(C(O)c3ccccc3)CC2)nc1. The number of carbonyl (C=O) groups is 2. The van der Waals surface area contributed by atoms with Crippen LogP contribution in [0.4, 0.5) is 0 Å². The Hall–Kier alpha value is -2.73. The van der Waals surface area contributed by atoms with Crippen molar-refractivity contribution in [1.29, 1.82) is 0 Å². The first-order valence-electron chi connectivity index (χ1n) is 8.67. The number of amides is 1. The maximum absolute atomic E-state index is 12.6. The average Bonchev–Trinajstić information content (AvgIpc) is 2.73. The van der Waals surface area contributed by atoms with E-state index in [0.29, 0.717) is 24.3 Å². The number of aliphatic hydroxyl groups is 1. The lowest BCUT2D eigenvalue weighted by molar-refractivity contribution is 0.0458. The molecule has 1 unspecified atom stereocenters. The molecule has 1 N–H and O–H groups in total. The summed E-state index contributed by atoms with van der Waals surface area (Å²) in [5, 5.41) is 10.5. The predicted octanol–water partition coefficient (Wildman–Crippen LogP) is 2.45. The lowest BCUT2D eigenvalue weighted by Crippen LogP contribution is -2.40. The van der Waals surface area contributed by atoms with E-state index in [1.807, 2.05) is 30.3 Å². The maximum Gasteiger partial charge on any atom is 0.339 e. The van der Waals surface area contributed by atoms with Crippen molar-refractivity contribution in [1.82, 2.24) is 9.88 Å². The van der Waals surface area contributed by atoms with E-state index in [-0.39, 0.29) is 11.8 Å². The van der Waals surface area contributed by atoms with Gasteiger partial charge < -0.3 is 14.7 Å². The zero-order valence-corrected chi connectivity index (χ0v) is 14.7. The van der Waals surface area contributed by atoms with Crippen molar-refractivity contribution in [2.75, 3.05) is 20.2 Å². The summed E-state index contributed by atoms with van der Waals surface area (Å²) in [7, 11) is 1.30. The van der Waals surface area contributed by atoms with Gasteiger partial charge in [0.25, 0.3) is 5.91 Å². The van der Waals surface area contributed by atoms with E-state index in [4.69, 9.17) is 0 Å². The molecule has 1 atom stereocenters. The van der Waals surface area contributed by atoms with E-state index >= 15 is 0 Å². The van der Waals surface area contributed by atoms with Gasteiger partial charge >= 0.3 is 5.97 Å². The van der Waals surface area contributed by atoms with Crippen molar-refractivity contribution >= 4 is 11.9 Å². The zero-order valence-electron chi connectivity index (χ0n) is 14.7. The molecule has 1 aliphatic heterocycles. The normalized spacial score (nSPS) is 16.2. The maximum atomic E-state index is 12.6. The number of aromatic nitrogens is 1. The number of aliphatic hydroxyl groups excluding tert-OH is 1. The van der Waals surface area contributed by atoms with Crippen molar-refractivity contribution in [3.05, 3.63) is 65.5 Å². The molecule has 1 saturated heterocycles. The summed E-state index contributed by atoms with van der Waals surface area (Å²) < 4.78 is 4.63. The van der Waals surface area contributed by atoms with E-state index < -0.39 is 12.1 Å². The molecule has 0 aliphatic carbocycles. The second-order valence-corrected chi connectivity index (χ2v) is 6.41. The molecule has 1 aliphatic rings. The van der Waals surface area contributed by atoms with E-state index in [2.05, 4.69) is 9.72 Å². The van der Waals surface area contributed by atoms with Gasteiger partial charge in [-0.25, -0.2) is 4.79 Å². The van der Waals surface area contributed by atoms with Crippen LogP contribution in [0.2, 0.25) is 0 Å². The van der Waals surface area contributed by atoms with Gasteiger partial charge in [-0.2, -0.15) is 0 Å². The first-order chi connectivity index (χ1) is 12.6. The number of hydrogen-bond acceptors (Lipinski definition) is 5. The number of hydrogen-bond donors (Lipinski definition) is 1. The van der Waals surface area contributed by atoms with Crippen LogP contribution in [-0.2, 0) is 4.74 Å². The topological polar surface area (TPSA) is 79.7 Å². The number of rotatable bonds is 4. The van der Waals surface area contributed by atoms with Crippen LogP contribution in [0.3, 0.4) is 0 Å². The number of piperidine rings is 1. The lowest BCUT2D eigenvalue weighted by Gasteiger charge is -2.34. The molecule has 0 radical (unpaired) electrons. The minimum absolute atomic E-state index is 0.135. The first-order valence-corrected chi connectivity index (χ1v) is 8.67. The Morgan fingerprint density at radius 1 is 1.15 bits per heavy atom. The van der Waals surface area contributed by atoms with Crippen LogP contribution in [0, 0.1) is 5.92 Å². The summed E-state index contributed by atoms with van der Waals surface area (Å²) >= 11 is 0. The van der Waals surface area contributed by atoms with E-state index in [9.17, 15) is 14.7 Å². The predicted molar refractivity (Wildman–Crippen MR) is 95.6 cm³/mol. The Morgan fingerprint density at radius 2 is 1.85 bits per heavy atom. The molecule has 6 heteroatoms. The van der Waals surface area contributed by atoms with Crippen LogP contribution in [0.25, 0.3) is 0 Å². The summed E-state index contributed by atoms with van der Waals surface area (Å²) in [5.41, 5.74) is 1.53. The largest absolute Gasteiger partial charge is 0.465 e. The van der Waals surface area contributed by atoms with Crippen LogP contribution in [0.1, 0.15) is 45.4 Å². The fraction of sp³-hybridized carbons (Fsp3) is 0.350. The number of methoxy groups -OCH3 is 1. The van der Waals surface area contributed by atoms with Crippen molar-refractivity contribution in [2.24, 2.45) is 5.92 Å².